The van der Waals surface area contributed by atoms with E-state index in [1.165, 1.54) is 54.4 Å². The Morgan fingerprint density at radius 1 is 1.23 bits per heavy atom. The van der Waals surface area contributed by atoms with Gasteiger partial charge >= 0.3 is 0 Å². The summed E-state index contributed by atoms with van der Waals surface area (Å²) in [5, 5.41) is 7.39. The molecule has 2 fully saturated rings. The zero-order valence-electron chi connectivity index (χ0n) is 16.2. The lowest BCUT2D eigenvalue weighted by Gasteiger charge is -2.40. The summed E-state index contributed by atoms with van der Waals surface area (Å²) in [6, 6.07) is 9.60. The normalized spacial score (nSPS) is 25.2. The Kier molecular flexibility index (Phi) is 4.83. The first-order valence-electron chi connectivity index (χ1n) is 10.2. The van der Waals surface area contributed by atoms with Crippen molar-refractivity contribution in [1.82, 2.24) is 10.6 Å². The van der Waals surface area contributed by atoms with E-state index in [0.29, 0.717) is 17.5 Å². The van der Waals surface area contributed by atoms with E-state index >= 15 is 0 Å². The molecule has 0 amide bonds. The molecule has 4 rings (SSSR count). The number of rotatable bonds is 5. The van der Waals surface area contributed by atoms with Gasteiger partial charge in [-0.3, -0.25) is 0 Å². The van der Waals surface area contributed by atoms with Crippen LogP contribution in [0.3, 0.4) is 0 Å². The molecule has 0 radical (unpaired) electrons. The lowest BCUT2D eigenvalue weighted by Crippen LogP contribution is -2.47. The van der Waals surface area contributed by atoms with Crippen LogP contribution in [0, 0.1) is 5.41 Å². The van der Waals surface area contributed by atoms with E-state index < -0.39 is 0 Å². The second-order valence-electron chi connectivity index (χ2n) is 8.39. The van der Waals surface area contributed by atoms with Crippen molar-refractivity contribution in [3.8, 4) is 0 Å². The fraction of sp³-hybridized carbons (Fsp3) is 0.565. The van der Waals surface area contributed by atoms with Crippen LogP contribution < -0.4 is 10.6 Å². The van der Waals surface area contributed by atoms with Gasteiger partial charge in [0.1, 0.15) is 0 Å². The van der Waals surface area contributed by atoms with Gasteiger partial charge in [0.05, 0.1) is 5.82 Å². The Balaban J connectivity index is 1.39. The molecule has 3 nitrogen and oxygen atoms in total. The van der Waals surface area contributed by atoms with E-state index in [1.54, 1.807) is 0 Å². The molecule has 0 bridgehead atoms. The summed E-state index contributed by atoms with van der Waals surface area (Å²) < 4.78 is 5.61. The third kappa shape index (κ3) is 3.18. The number of nitrogens with one attached hydrogen (secondary N) is 2. The fourth-order valence-electron chi connectivity index (χ4n) is 5.37. The van der Waals surface area contributed by atoms with Crippen molar-refractivity contribution >= 4 is 5.57 Å². The molecule has 26 heavy (non-hydrogen) atoms. The quantitative estimate of drug-likeness (QED) is 0.824. The van der Waals surface area contributed by atoms with E-state index in [-0.39, 0.29) is 0 Å². The summed E-state index contributed by atoms with van der Waals surface area (Å²) in [6.45, 7) is 10.7. The molecule has 2 unspecified atom stereocenters. The summed E-state index contributed by atoms with van der Waals surface area (Å²) in [7, 11) is 0. The number of hydrogen-bond acceptors (Lipinski definition) is 3. The molecule has 1 saturated heterocycles. The maximum absolute atomic E-state index is 5.61. The molecular formula is C23H32N2O. The van der Waals surface area contributed by atoms with E-state index in [0.717, 1.165) is 25.5 Å². The van der Waals surface area contributed by atoms with Crippen LogP contribution in [0.5, 0.6) is 0 Å². The Labute approximate surface area is 157 Å². The van der Waals surface area contributed by atoms with Gasteiger partial charge in [-0.2, -0.15) is 0 Å². The Bertz CT molecular complexity index is 715. The molecule has 3 aliphatic rings. The van der Waals surface area contributed by atoms with Crippen molar-refractivity contribution in [1.29, 1.82) is 0 Å². The van der Waals surface area contributed by atoms with Crippen molar-refractivity contribution in [3.05, 3.63) is 53.4 Å². The molecule has 2 atom stereocenters. The van der Waals surface area contributed by atoms with Crippen LogP contribution in [0.1, 0.15) is 57.1 Å². The van der Waals surface area contributed by atoms with E-state index in [2.05, 4.69) is 55.3 Å². The average Bonchev–Trinajstić information content (AvgIpc) is 3.17. The molecule has 140 valence electrons. The number of hydrogen-bond donors (Lipinski definition) is 2. The van der Waals surface area contributed by atoms with E-state index in [4.69, 9.17) is 4.74 Å². The number of allylic oxidation sites excluding steroid dienone is 1. The zero-order valence-corrected chi connectivity index (χ0v) is 16.2. The van der Waals surface area contributed by atoms with Gasteiger partial charge in [0.25, 0.3) is 0 Å². The summed E-state index contributed by atoms with van der Waals surface area (Å²) >= 11 is 0. The second-order valence-corrected chi connectivity index (χ2v) is 8.39. The molecule has 0 aromatic heterocycles. The molecule has 2 aliphatic carbocycles. The van der Waals surface area contributed by atoms with Gasteiger partial charge in [0.15, 0.2) is 0 Å². The SMILES string of the molecule is C=C(NC(C)C1=C(C)c2ccccc2C1)NC1CCCC12CCOCC2. The van der Waals surface area contributed by atoms with Gasteiger partial charge in [0, 0.05) is 25.3 Å². The van der Waals surface area contributed by atoms with Crippen LogP contribution in [-0.2, 0) is 11.2 Å². The number of fused-ring (bicyclic) bond motifs is 1. The van der Waals surface area contributed by atoms with Crippen LogP contribution in [0.25, 0.3) is 5.57 Å². The topological polar surface area (TPSA) is 33.3 Å². The Hall–Kier alpha value is -1.74. The van der Waals surface area contributed by atoms with Crippen LogP contribution in [0.2, 0.25) is 0 Å². The van der Waals surface area contributed by atoms with Crippen molar-refractivity contribution < 1.29 is 4.74 Å². The fourth-order valence-corrected chi connectivity index (χ4v) is 5.37. The third-order valence-electron chi connectivity index (χ3n) is 6.94. The number of benzene rings is 1. The van der Waals surface area contributed by atoms with Crippen molar-refractivity contribution in [2.24, 2.45) is 5.41 Å². The first-order valence-corrected chi connectivity index (χ1v) is 10.2. The highest BCUT2D eigenvalue weighted by molar-refractivity contribution is 5.75. The predicted molar refractivity (Wildman–Crippen MR) is 108 cm³/mol. The predicted octanol–water partition coefficient (Wildman–Crippen LogP) is 4.40. The maximum atomic E-state index is 5.61. The maximum Gasteiger partial charge on any atom is 0.0919 e. The lowest BCUT2D eigenvalue weighted by molar-refractivity contribution is 0.00571. The minimum atomic E-state index is 0.300. The molecule has 1 heterocycles. The smallest absolute Gasteiger partial charge is 0.0919 e. The third-order valence-corrected chi connectivity index (χ3v) is 6.94. The van der Waals surface area contributed by atoms with Gasteiger partial charge in [-0.1, -0.05) is 37.3 Å². The molecule has 1 saturated carbocycles. The summed E-state index contributed by atoms with van der Waals surface area (Å²) in [5.74, 6) is 0.978. The van der Waals surface area contributed by atoms with Crippen molar-refractivity contribution in [2.75, 3.05) is 13.2 Å². The summed E-state index contributed by atoms with van der Waals surface area (Å²) in [5.41, 5.74) is 6.19. The Morgan fingerprint density at radius 3 is 2.77 bits per heavy atom. The zero-order chi connectivity index (χ0) is 18.1. The van der Waals surface area contributed by atoms with Gasteiger partial charge < -0.3 is 15.4 Å². The minimum absolute atomic E-state index is 0.300. The monoisotopic (exact) mass is 352 g/mol. The lowest BCUT2D eigenvalue weighted by atomic mass is 9.75. The Morgan fingerprint density at radius 2 is 2.00 bits per heavy atom. The van der Waals surface area contributed by atoms with Crippen LogP contribution in [0.4, 0.5) is 0 Å². The highest BCUT2D eigenvalue weighted by atomic mass is 16.5. The van der Waals surface area contributed by atoms with Crippen LogP contribution in [0.15, 0.2) is 42.2 Å². The van der Waals surface area contributed by atoms with Crippen molar-refractivity contribution in [2.45, 2.75) is 64.5 Å². The van der Waals surface area contributed by atoms with Crippen LogP contribution in [-0.4, -0.2) is 25.3 Å². The average molecular weight is 353 g/mol. The minimum Gasteiger partial charge on any atom is -0.381 e. The van der Waals surface area contributed by atoms with Gasteiger partial charge in [-0.05, 0) is 73.6 Å². The van der Waals surface area contributed by atoms with Gasteiger partial charge in [-0.15, -0.1) is 0 Å². The first kappa shape index (κ1) is 17.7. The van der Waals surface area contributed by atoms with Crippen molar-refractivity contribution in [3.63, 3.8) is 0 Å². The summed E-state index contributed by atoms with van der Waals surface area (Å²) in [4.78, 5) is 0. The largest absolute Gasteiger partial charge is 0.381 e. The highest BCUT2D eigenvalue weighted by Gasteiger charge is 2.43. The molecule has 1 spiro atoms. The van der Waals surface area contributed by atoms with Gasteiger partial charge in [0.2, 0.25) is 0 Å². The number of ether oxygens (including phenoxy) is 1. The summed E-state index contributed by atoms with van der Waals surface area (Å²) in [6.07, 6.45) is 7.33. The van der Waals surface area contributed by atoms with E-state index in [9.17, 15) is 0 Å². The van der Waals surface area contributed by atoms with Crippen LogP contribution >= 0.6 is 0 Å². The first-order chi connectivity index (χ1) is 12.6. The molecule has 3 heteroatoms. The molecule has 1 aromatic carbocycles. The molecule has 2 N–H and O–H groups in total. The molecule has 1 aromatic rings. The second kappa shape index (κ2) is 7.11. The highest BCUT2D eigenvalue weighted by Crippen LogP contribution is 2.46. The van der Waals surface area contributed by atoms with Gasteiger partial charge in [-0.25, -0.2) is 0 Å². The van der Waals surface area contributed by atoms with E-state index in [1.807, 2.05) is 0 Å². The molecule has 1 aliphatic heterocycles. The standard InChI is InChI=1S/C23H32N2O/c1-16-20-8-5-4-7-19(20)15-21(16)17(2)24-18(3)25-22-9-6-10-23(22)11-13-26-14-12-23/h4-5,7-8,17,22,24-25H,3,6,9-15H2,1-2H3. The molecular weight excluding hydrogens is 320 g/mol.